The zero-order valence-electron chi connectivity index (χ0n) is 54.4. The Kier molecular flexibility index (Phi) is 2.50. The van der Waals surface area contributed by atoms with Gasteiger partial charge in [-0.1, -0.05) is 163 Å². The van der Waals surface area contributed by atoms with Crippen LogP contribution in [0.5, 0.6) is 0 Å². The van der Waals surface area contributed by atoms with Crippen molar-refractivity contribution in [3.63, 3.8) is 0 Å². The van der Waals surface area contributed by atoms with Crippen LogP contribution < -0.4 is 0 Å². The third-order valence-corrected chi connectivity index (χ3v) is 7.95. The lowest BCUT2D eigenvalue weighted by molar-refractivity contribution is 0.669. The van der Waals surface area contributed by atoms with E-state index in [9.17, 15) is 13.7 Å². The highest BCUT2D eigenvalue weighted by Gasteiger charge is 2.22. The van der Waals surface area contributed by atoms with Gasteiger partial charge in [0.15, 0.2) is 0 Å². The molecule has 228 valence electrons. The summed E-state index contributed by atoms with van der Waals surface area (Å²) in [6.07, 6.45) is 0. The molecule has 0 amide bonds. The van der Waals surface area contributed by atoms with Gasteiger partial charge in [0.1, 0.15) is 11.2 Å². The molecule has 1 heteroatoms. The second-order valence-electron chi connectivity index (χ2n) is 10.5. The first kappa shape index (κ1) is 11.1. The molecule has 1 heterocycles. The van der Waals surface area contributed by atoms with E-state index in [1.807, 2.05) is 0 Å². The molecule has 0 aliphatic heterocycles. The van der Waals surface area contributed by atoms with Gasteiger partial charge in [-0.3, -0.25) is 0 Å². The van der Waals surface area contributed by atoms with E-state index in [1.54, 1.807) is 0 Å². The quantitative estimate of drug-likeness (QED) is 0.172. The van der Waals surface area contributed by atoms with Crippen molar-refractivity contribution in [2.24, 2.45) is 0 Å². The van der Waals surface area contributed by atoms with Gasteiger partial charge in [0, 0.05) is 10.8 Å². The molecule has 0 N–H and O–H groups in total. The molecule has 0 saturated carbocycles. The van der Waals surface area contributed by atoms with Gasteiger partial charge in [0.25, 0.3) is 0 Å². The summed E-state index contributed by atoms with van der Waals surface area (Å²) in [4.78, 5) is 0. The molecule has 0 fully saturated rings. The fraction of sp³-hybridized carbons (Fsp3) is 0. The Morgan fingerprint density at radius 1 is 0.327 bits per heavy atom. The van der Waals surface area contributed by atoms with Gasteiger partial charge in [-0.15, -0.1) is 0 Å². The molecule has 0 spiro atoms. The van der Waals surface area contributed by atoms with Crippen LogP contribution in [0.4, 0.5) is 0 Å². The molecular formula is C48H30O. The Morgan fingerprint density at radius 2 is 0.796 bits per heavy atom. The summed E-state index contributed by atoms with van der Waals surface area (Å²) in [6.45, 7) is 0. The SMILES string of the molecule is [2H]c1c([2H])c([2H])c(-c2c([2H])c([2H])c([2H])c3oc4c([2H])c([2H])c([2H])c(-c5c6c([2H])c([2H])c([2H])c([2H])c6c(-c6c([2H])c([2H])c([2H])c(-c7c([2H])c([2H])c([2H])c8c([2H])c([2H])c([2H])c([2H])c78)c6[2H])c6c([2H])c([2H])c([2H])c([2H])c56)c4c23)c([2H])c1[2H]. The topological polar surface area (TPSA) is 13.1 Å². The van der Waals surface area contributed by atoms with E-state index >= 15 is 0 Å². The lowest BCUT2D eigenvalue weighted by atomic mass is 9.84. The van der Waals surface area contributed by atoms with Gasteiger partial charge in [0.2, 0.25) is 0 Å². The maximum absolute atomic E-state index is 9.93. The highest BCUT2D eigenvalue weighted by molar-refractivity contribution is 6.27. The molecule has 9 aromatic carbocycles. The predicted molar refractivity (Wildman–Crippen MR) is 208 cm³/mol. The van der Waals surface area contributed by atoms with E-state index in [2.05, 4.69) is 0 Å². The number of fused-ring (bicyclic) bond motifs is 6. The summed E-state index contributed by atoms with van der Waals surface area (Å²) in [5, 5.41) is -5.93. The largest absolute Gasteiger partial charge is 0.456 e. The molecule has 1 aromatic heterocycles. The van der Waals surface area contributed by atoms with E-state index in [-0.39, 0.29) is 0 Å². The third-order valence-electron chi connectivity index (χ3n) is 7.95. The number of hydrogen-bond acceptors (Lipinski definition) is 1. The van der Waals surface area contributed by atoms with E-state index < -0.39 is 280 Å². The molecule has 0 saturated heterocycles. The van der Waals surface area contributed by atoms with E-state index in [0.717, 1.165) is 0 Å². The number of hydrogen-bond donors (Lipinski definition) is 0. The maximum Gasteiger partial charge on any atom is 0.136 e. The van der Waals surface area contributed by atoms with Crippen LogP contribution >= 0.6 is 0 Å². The van der Waals surface area contributed by atoms with Gasteiger partial charge >= 0.3 is 0 Å². The van der Waals surface area contributed by atoms with Crippen LogP contribution in [0.1, 0.15) is 41.1 Å². The van der Waals surface area contributed by atoms with Gasteiger partial charge in [0.05, 0.1) is 41.1 Å². The lowest BCUT2D eigenvalue weighted by Gasteiger charge is -2.19. The smallest absolute Gasteiger partial charge is 0.136 e. The molecule has 0 radical (unpaired) electrons. The second kappa shape index (κ2) is 11.1. The van der Waals surface area contributed by atoms with Crippen molar-refractivity contribution >= 4 is 54.3 Å². The van der Waals surface area contributed by atoms with Crippen molar-refractivity contribution in [1.29, 1.82) is 0 Å². The van der Waals surface area contributed by atoms with E-state index in [1.165, 1.54) is 0 Å². The van der Waals surface area contributed by atoms with Crippen molar-refractivity contribution in [1.82, 2.24) is 0 Å². The normalized spacial score (nSPS) is 20.2. The molecule has 0 atom stereocenters. The molecule has 10 rings (SSSR count). The summed E-state index contributed by atoms with van der Waals surface area (Å²) >= 11 is 0. The average molecular weight is 653 g/mol. The van der Waals surface area contributed by atoms with Crippen molar-refractivity contribution in [2.75, 3.05) is 0 Å². The zero-order chi connectivity index (χ0) is 58.4. The Bertz CT molecular complexity index is 4480. The van der Waals surface area contributed by atoms with Crippen LogP contribution in [0.3, 0.4) is 0 Å². The Hall–Kier alpha value is -6.44. The summed E-state index contributed by atoms with van der Waals surface area (Å²) < 4.78 is 277. The van der Waals surface area contributed by atoms with Crippen LogP contribution in [-0.4, -0.2) is 0 Å². The first-order chi connectivity index (χ1) is 36.8. The first-order valence-electron chi connectivity index (χ1n) is 29.4. The van der Waals surface area contributed by atoms with Crippen molar-refractivity contribution in [3.05, 3.63) is 181 Å². The molecule has 1 nitrogen and oxygen atoms in total. The minimum absolute atomic E-state index is 0.621. The summed E-state index contributed by atoms with van der Waals surface area (Å²) in [6, 6.07) is -29.9. The molecule has 0 unspecified atom stereocenters. The Labute approximate surface area is 326 Å². The first-order valence-corrected chi connectivity index (χ1v) is 14.4. The van der Waals surface area contributed by atoms with Crippen LogP contribution in [-0.2, 0) is 0 Å². The molecule has 0 aliphatic carbocycles. The maximum atomic E-state index is 9.93. The minimum atomic E-state index is -1.13. The predicted octanol–water partition coefficient (Wildman–Crippen LogP) is 13.7. The van der Waals surface area contributed by atoms with Crippen molar-refractivity contribution in [3.8, 4) is 44.5 Å². The highest BCUT2D eigenvalue weighted by Crippen LogP contribution is 2.48. The summed E-state index contributed by atoms with van der Waals surface area (Å²) in [5.41, 5.74) is -8.03. The molecular weight excluding hydrogens is 593 g/mol. The monoisotopic (exact) mass is 652 g/mol. The van der Waals surface area contributed by atoms with Crippen molar-refractivity contribution in [2.45, 2.75) is 0 Å². The highest BCUT2D eigenvalue weighted by atomic mass is 16.3. The fourth-order valence-electron chi connectivity index (χ4n) is 5.98. The number of benzene rings is 9. The average Bonchev–Trinajstić information content (AvgIpc) is 4.07. The van der Waals surface area contributed by atoms with Crippen LogP contribution in [0.15, 0.2) is 186 Å². The standard InChI is InChI=1S/C48H30O/c1-2-14-32(15-3-1)37-26-12-28-43-47(37)48-42(27-13-29-44(48)49-43)46-40-23-8-6-21-38(40)45(39-22-7-9-24-41(39)46)34-19-10-18-33(30-34)36-25-11-17-31-16-4-5-20-35(31)36/h1-30H/i1D,2D,3D,4D,5D,6D,7D,8D,9D,10D,11D,12D,13D,14D,15D,16D,17D,18D,19D,20D,21D,22D,23D,24D,25D,26D,27D,28D,29D,30D. The third kappa shape index (κ3) is 4.33. The number of rotatable bonds is 4. The van der Waals surface area contributed by atoms with E-state index in [4.69, 9.17) is 31.8 Å². The summed E-state index contributed by atoms with van der Waals surface area (Å²) in [5.74, 6) is 0. The number of furan rings is 1. The molecule has 49 heavy (non-hydrogen) atoms. The molecule has 10 aromatic rings. The summed E-state index contributed by atoms with van der Waals surface area (Å²) in [7, 11) is 0. The second-order valence-corrected chi connectivity index (χ2v) is 10.5. The van der Waals surface area contributed by atoms with Gasteiger partial charge < -0.3 is 4.42 Å². The van der Waals surface area contributed by atoms with Gasteiger partial charge in [-0.05, 0) is 95.0 Å². The Morgan fingerprint density at radius 3 is 1.51 bits per heavy atom. The Balaban J connectivity index is 1.55. The van der Waals surface area contributed by atoms with Crippen LogP contribution in [0, 0.1) is 0 Å². The fourth-order valence-corrected chi connectivity index (χ4v) is 5.98. The van der Waals surface area contributed by atoms with Crippen molar-refractivity contribution < 1.29 is 45.5 Å². The molecule has 0 bridgehead atoms. The van der Waals surface area contributed by atoms with Gasteiger partial charge in [-0.2, -0.15) is 0 Å². The van der Waals surface area contributed by atoms with Gasteiger partial charge in [-0.25, -0.2) is 0 Å². The van der Waals surface area contributed by atoms with E-state index in [0.29, 0.717) is 0 Å². The van der Waals surface area contributed by atoms with Crippen LogP contribution in [0.2, 0.25) is 0 Å². The zero-order valence-corrected chi connectivity index (χ0v) is 24.4. The van der Waals surface area contributed by atoms with Crippen LogP contribution in [0.25, 0.3) is 98.8 Å². The minimum Gasteiger partial charge on any atom is -0.456 e. The lowest BCUT2D eigenvalue weighted by Crippen LogP contribution is -1.92. The molecule has 0 aliphatic rings.